The van der Waals surface area contributed by atoms with Gasteiger partial charge in [-0.1, -0.05) is 34.5 Å². The summed E-state index contributed by atoms with van der Waals surface area (Å²) in [5, 5.41) is 5.30. The summed E-state index contributed by atoms with van der Waals surface area (Å²) in [6, 6.07) is 12.2. The number of hydrogen-bond donors (Lipinski definition) is 0. The molecule has 0 aliphatic rings. The lowest BCUT2D eigenvalue weighted by Crippen LogP contribution is -2.23. The Morgan fingerprint density at radius 1 is 1.11 bits per heavy atom. The van der Waals surface area contributed by atoms with Crippen molar-refractivity contribution in [3.63, 3.8) is 0 Å². The van der Waals surface area contributed by atoms with Crippen molar-refractivity contribution in [3.8, 4) is 22.9 Å². The fourth-order valence-corrected chi connectivity index (χ4v) is 4.01. The fraction of sp³-hybridized carbons (Fsp3) is 0. The van der Waals surface area contributed by atoms with Gasteiger partial charge in [0.2, 0.25) is 10.8 Å². The smallest absolute Gasteiger partial charge is 0.291 e. The molecule has 0 atom stereocenters. The van der Waals surface area contributed by atoms with E-state index in [1.54, 1.807) is 48.5 Å². The highest BCUT2D eigenvalue weighted by Gasteiger charge is 2.14. The van der Waals surface area contributed by atoms with Crippen LogP contribution < -0.4 is 10.1 Å². The van der Waals surface area contributed by atoms with Gasteiger partial charge in [-0.3, -0.25) is 4.79 Å². The molecule has 4 heterocycles. The maximum absolute atomic E-state index is 12.6. The molecular formula is C19H9Cl2N3O3S. The quantitative estimate of drug-likeness (QED) is 0.421. The van der Waals surface area contributed by atoms with E-state index in [4.69, 9.17) is 32.0 Å². The number of rotatable bonds is 3. The van der Waals surface area contributed by atoms with Gasteiger partial charge in [-0.2, -0.15) is 9.50 Å². The van der Waals surface area contributed by atoms with Gasteiger partial charge in [0, 0.05) is 16.7 Å². The van der Waals surface area contributed by atoms with E-state index in [1.807, 2.05) is 0 Å². The average molecular weight is 430 g/mol. The molecule has 1 aromatic carbocycles. The molecule has 0 radical (unpaired) electrons. The molecule has 0 amide bonds. The van der Waals surface area contributed by atoms with Gasteiger partial charge in [-0.25, -0.2) is 0 Å². The molecule has 0 saturated carbocycles. The summed E-state index contributed by atoms with van der Waals surface area (Å²) in [6.45, 7) is 0. The van der Waals surface area contributed by atoms with Crippen LogP contribution >= 0.6 is 34.5 Å². The average Bonchev–Trinajstić information content (AvgIpc) is 3.45. The lowest BCUT2D eigenvalue weighted by atomic mass is 10.2. The minimum atomic E-state index is -0.274. The highest BCUT2D eigenvalue weighted by molar-refractivity contribution is 7.15. The summed E-state index contributed by atoms with van der Waals surface area (Å²) in [6.07, 6.45) is 3.18. The van der Waals surface area contributed by atoms with Crippen molar-refractivity contribution in [1.82, 2.24) is 14.6 Å². The first-order valence-electron chi connectivity index (χ1n) is 8.09. The van der Waals surface area contributed by atoms with Crippen molar-refractivity contribution in [1.29, 1.82) is 0 Å². The third kappa shape index (κ3) is 2.93. The number of fused-ring (bicyclic) bond motifs is 1. The predicted molar refractivity (Wildman–Crippen MR) is 108 cm³/mol. The van der Waals surface area contributed by atoms with E-state index in [1.165, 1.54) is 22.1 Å². The van der Waals surface area contributed by atoms with Crippen molar-refractivity contribution in [2.24, 2.45) is 0 Å². The van der Waals surface area contributed by atoms with Crippen molar-refractivity contribution >= 4 is 45.6 Å². The molecule has 4 aromatic heterocycles. The van der Waals surface area contributed by atoms with Gasteiger partial charge in [0.1, 0.15) is 16.1 Å². The molecule has 6 nitrogen and oxygen atoms in total. The fourth-order valence-electron chi connectivity index (χ4n) is 2.73. The normalized spacial score (nSPS) is 12.3. The van der Waals surface area contributed by atoms with Crippen molar-refractivity contribution in [3.05, 3.63) is 79.4 Å². The summed E-state index contributed by atoms with van der Waals surface area (Å²) in [4.78, 5) is 17.4. The minimum Gasteiger partial charge on any atom is -0.461 e. The first-order valence-corrected chi connectivity index (χ1v) is 9.66. The van der Waals surface area contributed by atoms with Crippen LogP contribution in [0.4, 0.5) is 0 Å². The van der Waals surface area contributed by atoms with Crippen molar-refractivity contribution in [2.45, 2.75) is 0 Å². The van der Waals surface area contributed by atoms with E-state index in [0.717, 1.165) is 0 Å². The summed E-state index contributed by atoms with van der Waals surface area (Å²) < 4.78 is 12.8. The molecule has 0 saturated heterocycles. The maximum atomic E-state index is 12.6. The number of aromatic nitrogens is 3. The first kappa shape index (κ1) is 17.2. The number of thiazole rings is 1. The summed E-state index contributed by atoms with van der Waals surface area (Å²) in [5.74, 6) is 1.95. The lowest BCUT2D eigenvalue weighted by molar-refractivity contribution is 0.571. The number of furan rings is 2. The standard InChI is InChI=1S/C19H9Cl2N3O3S/c20-10-3-5-13(21)12(8-10)14-6-4-11(27-14)9-16-18(25)24-19(28-16)22-17(23-24)15-2-1-7-26-15/h1-9H. The number of halogens is 2. The van der Waals surface area contributed by atoms with Crippen molar-refractivity contribution < 1.29 is 8.83 Å². The highest BCUT2D eigenvalue weighted by atomic mass is 35.5. The van der Waals surface area contributed by atoms with E-state index in [-0.39, 0.29) is 5.56 Å². The Morgan fingerprint density at radius 2 is 2.00 bits per heavy atom. The zero-order valence-corrected chi connectivity index (χ0v) is 16.3. The van der Waals surface area contributed by atoms with Crippen LogP contribution in [0.3, 0.4) is 0 Å². The predicted octanol–water partition coefficient (Wildman–Crippen LogP) is 4.53. The van der Waals surface area contributed by atoms with Crippen LogP contribution in [-0.4, -0.2) is 14.6 Å². The Bertz CT molecular complexity index is 1420. The topological polar surface area (TPSA) is 73.5 Å². The van der Waals surface area contributed by atoms with Crippen LogP contribution in [0, 0.1) is 0 Å². The molecule has 138 valence electrons. The van der Waals surface area contributed by atoms with Crippen LogP contribution in [0.15, 0.2) is 62.4 Å². The minimum absolute atomic E-state index is 0.274. The molecule has 0 aliphatic carbocycles. The monoisotopic (exact) mass is 429 g/mol. The molecule has 0 aliphatic heterocycles. The Balaban J connectivity index is 1.55. The largest absolute Gasteiger partial charge is 0.461 e. The third-order valence-electron chi connectivity index (χ3n) is 4.02. The highest BCUT2D eigenvalue weighted by Crippen LogP contribution is 2.31. The van der Waals surface area contributed by atoms with E-state index < -0.39 is 0 Å². The molecule has 5 aromatic rings. The van der Waals surface area contributed by atoms with Gasteiger partial charge in [0.05, 0.1) is 11.3 Å². The number of benzene rings is 1. The van der Waals surface area contributed by atoms with E-state index in [9.17, 15) is 4.79 Å². The van der Waals surface area contributed by atoms with Crippen LogP contribution in [0.2, 0.25) is 10.0 Å². The SMILES string of the molecule is O=c1c(=Cc2ccc(-c3cc(Cl)ccc3Cl)o2)sc2nc(-c3ccco3)nn12. The van der Waals surface area contributed by atoms with Gasteiger partial charge < -0.3 is 8.83 Å². The van der Waals surface area contributed by atoms with Gasteiger partial charge in [-0.15, -0.1) is 5.10 Å². The zero-order valence-electron chi connectivity index (χ0n) is 13.9. The Labute approximate surface area is 171 Å². The Morgan fingerprint density at radius 3 is 2.79 bits per heavy atom. The Hall–Kier alpha value is -2.87. The molecule has 0 unspecified atom stereocenters. The molecule has 0 bridgehead atoms. The lowest BCUT2D eigenvalue weighted by Gasteiger charge is -2.00. The Kier molecular flexibility index (Phi) is 4.08. The number of hydrogen-bond acceptors (Lipinski definition) is 6. The van der Waals surface area contributed by atoms with E-state index >= 15 is 0 Å². The van der Waals surface area contributed by atoms with Gasteiger partial charge in [0.15, 0.2) is 5.76 Å². The molecule has 0 N–H and O–H groups in total. The van der Waals surface area contributed by atoms with E-state index in [2.05, 4.69) is 10.1 Å². The van der Waals surface area contributed by atoms with E-state index in [0.29, 0.717) is 48.2 Å². The van der Waals surface area contributed by atoms with Crippen LogP contribution in [0.5, 0.6) is 0 Å². The van der Waals surface area contributed by atoms with Gasteiger partial charge >= 0.3 is 0 Å². The maximum Gasteiger partial charge on any atom is 0.291 e. The molecule has 28 heavy (non-hydrogen) atoms. The second-order valence-electron chi connectivity index (χ2n) is 5.85. The molecular weight excluding hydrogens is 421 g/mol. The van der Waals surface area contributed by atoms with Crippen molar-refractivity contribution in [2.75, 3.05) is 0 Å². The van der Waals surface area contributed by atoms with Crippen LogP contribution in [0.1, 0.15) is 5.76 Å². The molecule has 9 heteroatoms. The summed E-state index contributed by atoms with van der Waals surface area (Å²) in [7, 11) is 0. The van der Waals surface area contributed by atoms with Crippen LogP contribution in [-0.2, 0) is 0 Å². The number of nitrogens with zero attached hydrogens (tertiary/aromatic N) is 3. The summed E-state index contributed by atoms with van der Waals surface area (Å²) >= 11 is 13.5. The van der Waals surface area contributed by atoms with Gasteiger partial charge in [0.25, 0.3) is 5.56 Å². The molecule has 5 rings (SSSR count). The summed E-state index contributed by atoms with van der Waals surface area (Å²) in [5.41, 5.74) is 0.408. The first-order chi connectivity index (χ1) is 13.6. The molecule has 0 fully saturated rings. The van der Waals surface area contributed by atoms with Crippen LogP contribution in [0.25, 0.3) is 33.9 Å². The third-order valence-corrected chi connectivity index (χ3v) is 5.54. The molecule has 0 spiro atoms. The van der Waals surface area contributed by atoms with Gasteiger partial charge in [-0.05, 0) is 42.5 Å². The zero-order chi connectivity index (χ0) is 19.3. The second kappa shape index (κ2) is 6.63. The second-order valence-corrected chi connectivity index (χ2v) is 7.70.